The fourth-order valence-corrected chi connectivity index (χ4v) is 2.81. The van der Waals surface area contributed by atoms with E-state index in [4.69, 9.17) is 4.74 Å². The smallest absolute Gasteiger partial charge is 0.133 e. The highest BCUT2D eigenvalue weighted by Gasteiger charge is 2.15. The van der Waals surface area contributed by atoms with Crippen molar-refractivity contribution in [2.45, 2.75) is 19.5 Å². The van der Waals surface area contributed by atoms with Gasteiger partial charge in [-0.25, -0.2) is 0 Å². The lowest BCUT2D eigenvalue weighted by atomic mass is 10.1. The summed E-state index contributed by atoms with van der Waals surface area (Å²) in [5.41, 5.74) is 1.33. The summed E-state index contributed by atoms with van der Waals surface area (Å²) in [5.74, 6) is 0.891. The molecule has 1 atom stereocenters. The van der Waals surface area contributed by atoms with Crippen LogP contribution in [-0.2, 0) is 6.54 Å². The molecule has 0 spiro atoms. The van der Waals surface area contributed by atoms with E-state index in [1.54, 1.807) is 7.11 Å². The molecule has 94 valence electrons. The van der Waals surface area contributed by atoms with Crippen molar-refractivity contribution in [1.82, 2.24) is 10.2 Å². The molecule has 1 aliphatic rings. The van der Waals surface area contributed by atoms with E-state index in [-0.39, 0.29) is 0 Å². The van der Waals surface area contributed by atoms with Gasteiger partial charge in [-0.3, -0.25) is 4.90 Å². The van der Waals surface area contributed by atoms with E-state index in [0.717, 1.165) is 36.4 Å². The van der Waals surface area contributed by atoms with Crippen molar-refractivity contribution in [3.05, 3.63) is 28.2 Å². The molecule has 0 radical (unpaired) electrons. The molecule has 17 heavy (non-hydrogen) atoms. The molecular formula is C13H19BrN2O. The van der Waals surface area contributed by atoms with Gasteiger partial charge in [0.2, 0.25) is 0 Å². The largest absolute Gasteiger partial charge is 0.496 e. The summed E-state index contributed by atoms with van der Waals surface area (Å²) in [7, 11) is 1.69. The third-order valence-corrected chi connectivity index (χ3v) is 3.69. The van der Waals surface area contributed by atoms with Gasteiger partial charge in [0.05, 0.1) is 11.6 Å². The number of rotatable bonds is 3. The van der Waals surface area contributed by atoms with Crippen molar-refractivity contribution in [2.75, 3.05) is 26.7 Å². The Morgan fingerprint density at radius 2 is 2.35 bits per heavy atom. The number of halogens is 1. The quantitative estimate of drug-likeness (QED) is 0.926. The van der Waals surface area contributed by atoms with Gasteiger partial charge in [-0.05, 0) is 40.5 Å². The highest BCUT2D eigenvalue weighted by molar-refractivity contribution is 9.10. The Morgan fingerprint density at radius 1 is 1.53 bits per heavy atom. The van der Waals surface area contributed by atoms with Crippen molar-refractivity contribution in [1.29, 1.82) is 0 Å². The second-order valence-electron chi connectivity index (χ2n) is 4.56. The standard InChI is InChI=1S/C13H19BrN2O/c1-10-8-16(6-5-15-10)9-11-3-4-13(17-2)12(14)7-11/h3-4,7,10,15H,5-6,8-9H2,1-2H3/t10-/m0/s1. The molecule has 1 saturated heterocycles. The van der Waals surface area contributed by atoms with Crippen LogP contribution in [0.25, 0.3) is 0 Å². The fourth-order valence-electron chi connectivity index (χ4n) is 2.22. The first-order chi connectivity index (χ1) is 8.19. The van der Waals surface area contributed by atoms with Crippen LogP contribution in [0.3, 0.4) is 0 Å². The van der Waals surface area contributed by atoms with Gasteiger partial charge in [0.25, 0.3) is 0 Å². The summed E-state index contributed by atoms with van der Waals surface area (Å²) in [4.78, 5) is 2.48. The number of hydrogen-bond acceptors (Lipinski definition) is 3. The van der Waals surface area contributed by atoms with E-state index in [1.807, 2.05) is 6.07 Å². The number of nitrogens with zero attached hydrogens (tertiary/aromatic N) is 1. The molecule has 1 heterocycles. The Morgan fingerprint density at radius 3 is 3.00 bits per heavy atom. The van der Waals surface area contributed by atoms with Crippen LogP contribution in [0.5, 0.6) is 5.75 Å². The van der Waals surface area contributed by atoms with E-state index in [2.05, 4.69) is 45.2 Å². The zero-order valence-corrected chi connectivity index (χ0v) is 12.0. The van der Waals surface area contributed by atoms with Crippen LogP contribution < -0.4 is 10.1 Å². The van der Waals surface area contributed by atoms with Gasteiger partial charge in [-0.1, -0.05) is 6.07 Å². The Kier molecular flexibility index (Phi) is 4.42. The highest BCUT2D eigenvalue weighted by atomic mass is 79.9. The maximum Gasteiger partial charge on any atom is 0.133 e. The number of ether oxygens (including phenoxy) is 1. The maximum atomic E-state index is 5.24. The normalized spacial score (nSPS) is 21.5. The van der Waals surface area contributed by atoms with Crippen molar-refractivity contribution in [3.8, 4) is 5.75 Å². The Bertz CT molecular complexity index is 384. The summed E-state index contributed by atoms with van der Waals surface area (Å²) < 4.78 is 6.26. The Hall–Kier alpha value is -0.580. The lowest BCUT2D eigenvalue weighted by Crippen LogP contribution is -2.48. The minimum atomic E-state index is 0.588. The predicted molar refractivity (Wildman–Crippen MR) is 73.4 cm³/mol. The number of hydrogen-bond donors (Lipinski definition) is 1. The van der Waals surface area contributed by atoms with Crippen LogP contribution in [0.4, 0.5) is 0 Å². The molecule has 0 aliphatic carbocycles. The van der Waals surface area contributed by atoms with Crippen LogP contribution in [0.15, 0.2) is 22.7 Å². The van der Waals surface area contributed by atoms with Crippen molar-refractivity contribution >= 4 is 15.9 Å². The molecule has 0 bridgehead atoms. The molecule has 2 rings (SSSR count). The molecule has 1 aromatic carbocycles. The topological polar surface area (TPSA) is 24.5 Å². The van der Waals surface area contributed by atoms with Crippen molar-refractivity contribution in [3.63, 3.8) is 0 Å². The third-order valence-electron chi connectivity index (χ3n) is 3.08. The van der Waals surface area contributed by atoms with Crippen LogP contribution in [0, 0.1) is 0 Å². The van der Waals surface area contributed by atoms with E-state index >= 15 is 0 Å². The Balaban J connectivity index is 2.00. The monoisotopic (exact) mass is 298 g/mol. The fraction of sp³-hybridized carbons (Fsp3) is 0.538. The van der Waals surface area contributed by atoms with Gasteiger partial charge in [0.15, 0.2) is 0 Å². The highest BCUT2D eigenvalue weighted by Crippen LogP contribution is 2.26. The van der Waals surface area contributed by atoms with Gasteiger partial charge in [-0.15, -0.1) is 0 Å². The molecule has 0 aromatic heterocycles. The number of benzene rings is 1. The molecule has 4 heteroatoms. The summed E-state index contributed by atoms with van der Waals surface area (Å²) in [6, 6.07) is 6.89. The van der Waals surface area contributed by atoms with Gasteiger partial charge in [-0.2, -0.15) is 0 Å². The predicted octanol–water partition coefficient (Wildman–Crippen LogP) is 2.25. The van der Waals surface area contributed by atoms with E-state index in [1.165, 1.54) is 5.56 Å². The minimum Gasteiger partial charge on any atom is -0.496 e. The SMILES string of the molecule is COc1ccc(CN2CCN[C@@H](C)C2)cc1Br. The van der Waals surface area contributed by atoms with Crippen molar-refractivity contribution in [2.24, 2.45) is 0 Å². The molecule has 3 nitrogen and oxygen atoms in total. The zero-order valence-electron chi connectivity index (χ0n) is 10.4. The first-order valence-corrected chi connectivity index (χ1v) is 6.76. The van der Waals surface area contributed by atoms with E-state index < -0.39 is 0 Å². The zero-order chi connectivity index (χ0) is 12.3. The molecule has 1 aliphatic heterocycles. The molecular weight excluding hydrogens is 280 g/mol. The average Bonchev–Trinajstić information content (AvgIpc) is 2.29. The summed E-state index contributed by atoms with van der Waals surface area (Å²) in [6.07, 6.45) is 0. The number of nitrogens with one attached hydrogen (secondary N) is 1. The summed E-state index contributed by atoms with van der Waals surface area (Å²) in [6.45, 7) is 6.56. The molecule has 0 amide bonds. The van der Waals surface area contributed by atoms with Gasteiger partial charge >= 0.3 is 0 Å². The van der Waals surface area contributed by atoms with E-state index in [0.29, 0.717) is 6.04 Å². The number of piperazine rings is 1. The van der Waals surface area contributed by atoms with Crippen molar-refractivity contribution < 1.29 is 4.74 Å². The van der Waals surface area contributed by atoms with Gasteiger partial charge < -0.3 is 10.1 Å². The first-order valence-electron chi connectivity index (χ1n) is 5.97. The molecule has 1 aromatic rings. The van der Waals surface area contributed by atoms with Crippen LogP contribution in [0.1, 0.15) is 12.5 Å². The van der Waals surface area contributed by atoms with Crippen LogP contribution in [-0.4, -0.2) is 37.7 Å². The van der Waals surface area contributed by atoms with E-state index in [9.17, 15) is 0 Å². The average molecular weight is 299 g/mol. The Labute approximate surface area is 111 Å². The maximum absolute atomic E-state index is 5.24. The molecule has 0 unspecified atom stereocenters. The minimum absolute atomic E-state index is 0.588. The lowest BCUT2D eigenvalue weighted by molar-refractivity contribution is 0.199. The van der Waals surface area contributed by atoms with Crippen LogP contribution in [0.2, 0.25) is 0 Å². The second kappa shape index (κ2) is 5.85. The summed E-state index contributed by atoms with van der Waals surface area (Å²) >= 11 is 3.53. The summed E-state index contributed by atoms with van der Waals surface area (Å²) in [5, 5.41) is 3.46. The molecule has 1 fully saturated rings. The molecule has 1 N–H and O–H groups in total. The molecule has 0 saturated carbocycles. The number of methoxy groups -OCH3 is 1. The van der Waals surface area contributed by atoms with Gasteiger partial charge in [0.1, 0.15) is 5.75 Å². The third kappa shape index (κ3) is 3.44. The first kappa shape index (κ1) is 12.9. The van der Waals surface area contributed by atoms with Gasteiger partial charge in [0, 0.05) is 32.2 Å². The van der Waals surface area contributed by atoms with Crippen LogP contribution >= 0.6 is 15.9 Å². The second-order valence-corrected chi connectivity index (χ2v) is 5.41. The lowest BCUT2D eigenvalue weighted by Gasteiger charge is -2.31.